The molecule has 1 N–H and O–H groups in total. The zero-order valence-corrected chi connectivity index (χ0v) is 12.3. The summed E-state index contributed by atoms with van der Waals surface area (Å²) in [6, 6.07) is 12.6. The lowest BCUT2D eigenvalue weighted by Gasteiger charge is -2.15. The summed E-state index contributed by atoms with van der Waals surface area (Å²) in [4.78, 5) is 3.52. The number of fused-ring (bicyclic) bond motifs is 1. The van der Waals surface area contributed by atoms with Gasteiger partial charge in [0.05, 0.1) is 6.07 Å². The second-order valence-electron chi connectivity index (χ2n) is 5.08. The summed E-state index contributed by atoms with van der Waals surface area (Å²) in [5.74, 6) is 0. The number of nitrogens with zero attached hydrogens (tertiary/aromatic N) is 2. The van der Waals surface area contributed by atoms with Gasteiger partial charge < -0.3 is 4.90 Å². The molecule has 20 heavy (non-hydrogen) atoms. The van der Waals surface area contributed by atoms with Gasteiger partial charge in [0.15, 0.2) is 0 Å². The molecule has 4 heteroatoms. The number of anilines is 1. The Balaban J connectivity index is 1.75. The van der Waals surface area contributed by atoms with Crippen LogP contribution in [-0.4, -0.2) is 13.6 Å². The molecule has 1 aliphatic rings. The molecule has 1 aromatic carbocycles. The summed E-state index contributed by atoms with van der Waals surface area (Å²) in [6.45, 7) is 1.81. The van der Waals surface area contributed by atoms with Gasteiger partial charge in [-0.25, -0.2) is 0 Å². The quantitative estimate of drug-likeness (QED) is 0.937. The molecular weight excluding hydrogens is 266 g/mol. The van der Waals surface area contributed by atoms with Crippen LogP contribution in [0.1, 0.15) is 22.0 Å². The molecule has 1 unspecified atom stereocenters. The third-order valence-electron chi connectivity index (χ3n) is 3.75. The largest absolute Gasteiger partial charge is 0.374 e. The molecule has 102 valence electrons. The summed E-state index contributed by atoms with van der Waals surface area (Å²) in [5, 5.41) is 14.8. The maximum absolute atomic E-state index is 9.39. The molecule has 0 bridgehead atoms. The molecule has 0 amide bonds. The van der Waals surface area contributed by atoms with E-state index >= 15 is 0 Å². The zero-order valence-electron chi connectivity index (χ0n) is 11.5. The smallest absolute Gasteiger partial charge is 0.121 e. The van der Waals surface area contributed by atoms with Gasteiger partial charge in [-0.3, -0.25) is 5.32 Å². The van der Waals surface area contributed by atoms with Crippen molar-refractivity contribution in [2.45, 2.75) is 19.0 Å². The average Bonchev–Trinajstić information content (AvgIpc) is 3.10. The molecule has 0 saturated carbocycles. The summed E-state index contributed by atoms with van der Waals surface area (Å²) in [7, 11) is 2.11. The number of rotatable bonds is 4. The van der Waals surface area contributed by atoms with Crippen LogP contribution in [0.15, 0.2) is 35.7 Å². The topological polar surface area (TPSA) is 39.1 Å². The third-order valence-corrected chi connectivity index (χ3v) is 4.63. The van der Waals surface area contributed by atoms with Gasteiger partial charge in [0, 0.05) is 30.7 Å². The van der Waals surface area contributed by atoms with Crippen molar-refractivity contribution in [2.24, 2.45) is 0 Å². The second-order valence-corrected chi connectivity index (χ2v) is 6.11. The van der Waals surface area contributed by atoms with Crippen LogP contribution in [0.25, 0.3) is 0 Å². The Labute approximate surface area is 123 Å². The standard InChI is InChI=1S/C16H17N3S/c1-19-7-6-13-9-12(4-5-16(13)19)15(10-17)18-11-14-3-2-8-20-14/h2-5,8-9,15,18H,6-7,11H2,1H3. The highest BCUT2D eigenvalue weighted by atomic mass is 32.1. The van der Waals surface area contributed by atoms with E-state index in [0.717, 1.165) is 25.1 Å². The van der Waals surface area contributed by atoms with Crippen molar-refractivity contribution in [2.75, 3.05) is 18.5 Å². The van der Waals surface area contributed by atoms with Crippen LogP contribution in [0.4, 0.5) is 5.69 Å². The monoisotopic (exact) mass is 283 g/mol. The molecule has 3 rings (SSSR count). The molecule has 0 radical (unpaired) electrons. The molecule has 1 aliphatic heterocycles. The van der Waals surface area contributed by atoms with Crippen molar-refractivity contribution in [3.8, 4) is 6.07 Å². The van der Waals surface area contributed by atoms with E-state index in [1.54, 1.807) is 11.3 Å². The molecule has 2 heterocycles. The van der Waals surface area contributed by atoms with Gasteiger partial charge in [-0.1, -0.05) is 18.2 Å². The van der Waals surface area contributed by atoms with Gasteiger partial charge in [0.1, 0.15) is 6.04 Å². The molecule has 3 nitrogen and oxygen atoms in total. The maximum Gasteiger partial charge on any atom is 0.121 e. The van der Waals surface area contributed by atoms with E-state index in [4.69, 9.17) is 0 Å². The molecular formula is C16H17N3S. The predicted molar refractivity (Wildman–Crippen MR) is 82.9 cm³/mol. The molecule has 0 fully saturated rings. The van der Waals surface area contributed by atoms with E-state index in [0.29, 0.717) is 0 Å². The first-order chi connectivity index (χ1) is 9.78. The van der Waals surface area contributed by atoms with Crippen molar-refractivity contribution < 1.29 is 0 Å². The summed E-state index contributed by atoms with van der Waals surface area (Å²) in [6.07, 6.45) is 1.07. The van der Waals surface area contributed by atoms with Crippen molar-refractivity contribution >= 4 is 17.0 Å². The number of benzene rings is 1. The summed E-state index contributed by atoms with van der Waals surface area (Å²) >= 11 is 1.71. The molecule has 1 atom stereocenters. The fraction of sp³-hybridized carbons (Fsp3) is 0.312. The highest BCUT2D eigenvalue weighted by Crippen LogP contribution is 2.29. The fourth-order valence-electron chi connectivity index (χ4n) is 2.62. The van der Waals surface area contributed by atoms with E-state index in [1.165, 1.54) is 16.1 Å². The minimum absolute atomic E-state index is 0.242. The first-order valence-electron chi connectivity index (χ1n) is 6.77. The SMILES string of the molecule is CN1CCc2cc(C(C#N)NCc3cccs3)ccc21. The van der Waals surface area contributed by atoms with E-state index in [1.807, 2.05) is 6.07 Å². The molecule has 0 saturated heterocycles. The Kier molecular flexibility index (Phi) is 3.72. The van der Waals surface area contributed by atoms with Gasteiger partial charge in [0.25, 0.3) is 0 Å². The van der Waals surface area contributed by atoms with Crippen LogP contribution >= 0.6 is 11.3 Å². The van der Waals surface area contributed by atoms with Crippen molar-refractivity contribution in [1.29, 1.82) is 5.26 Å². The minimum atomic E-state index is -0.242. The van der Waals surface area contributed by atoms with Gasteiger partial charge >= 0.3 is 0 Å². The van der Waals surface area contributed by atoms with Gasteiger partial charge in [-0.2, -0.15) is 5.26 Å². The maximum atomic E-state index is 9.39. The number of hydrogen-bond donors (Lipinski definition) is 1. The number of thiophene rings is 1. The average molecular weight is 283 g/mol. The van der Waals surface area contributed by atoms with Crippen molar-refractivity contribution in [1.82, 2.24) is 5.32 Å². The Hall–Kier alpha value is -1.83. The van der Waals surface area contributed by atoms with Crippen molar-refractivity contribution in [3.05, 3.63) is 51.7 Å². The molecule has 0 spiro atoms. The van der Waals surface area contributed by atoms with Gasteiger partial charge in [-0.05, 0) is 35.1 Å². The van der Waals surface area contributed by atoms with Crippen LogP contribution in [-0.2, 0) is 13.0 Å². The van der Waals surface area contributed by atoms with Crippen LogP contribution in [0.2, 0.25) is 0 Å². The summed E-state index contributed by atoms with van der Waals surface area (Å²) in [5.41, 5.74) is 3.71. The van der Waals surface area contributed by atoms with E-state index in [2.05, 4.69) is 53.0 Å². The number of likely N-dealkylation sites (N-methyl/N-ethyl adjacent to an activating group) is 1. The van der Waals surface area contributed by atoms with Crippen molar-refractivity contribution in [3.63, 3.8) is 0 Å². The van der Waals surface area contributed by atoms with Gasteiger partial charge in [-0.15, -0.1) is 11.3 Å². The lowest BCUT2D eigenvalue weighted by molar-refractivity contribution is 0.635. The second kappa shape index (κ2) is 5.66. The number of nitriles is 1. The fourth-order valence-corrected chi connectivity index (χ4v) is 3.28. The lowest BCUT2D eigenvalue weighted by atomic mass is 10.0. The highest BCUT2D eigenvalue weighted by Gasteiger charge is 2.18. The molecule has 0 aliphatic carbocycles. The Morgan fingerprint density at radius 2 is 2.35 bits per heavy atom. The number of nitrogens with one attached hydrogen (secondary N) is 1. The third kappa shape index (κ3) is 2.55. The number of hydrogen-bond acceptors (Lipinski definition) is 4. The van der Waals surface area contributed by atoms with Gasteiger partial charge in [0.2, 0.25) is 0 Å². The zero-order chi connectivity index (χ0) is 13.9. The highest BCUT2D eigenvalue weighted by molar-refractivity contribution is 7.09. The van der Waals surface area contributed by atoms with E-state index in [-0.39, 0.29) is 6.04 Å². The lowest BCUT2D eigenvalue weighted by Crippen LogP contribution is -2.19. The summed E-state index contributed by atoms with van der Waals surface area (Å²) < 4.78 is 0. The van der Waals surface area contributed by atoms with Crippen LogP contribution < -0.4 is 10.2 Å². The van der Waals surface area contributed by atoms with Crippen LogP contribution in [0.5, 0.6) is 0 Å². The first-order valence-corrected chi connectivity index (χ1v) is 7.65. The minimum Gasteiger partial charge on any atom is -0.374 e. The normalized spacial score (nSPS) is 14.9. The Bertz CT molecular complexity index is 628. The van der Waals surface area contributed by atoms with Crippen LogP contribution in [0.3, 0.4) is 0 Å². The Morgan fingerprint density at radius 1 is 1.45 bits per heavy atom. The first kappa shape index (κ1) is 13.2. The van der Waals surface area contributed by atoms with E-state index < -0.39 is 0 Å². The van der Waals surface area contributed by atoms with Crippen LogP contribution in [0, 0.1) is 11.3 Å². The molecule has 1 aromatic heterocycles. The predicted octanol–water partition coefficient (Wildman–Crippen LogP) is 3.09. The van der Waals surface area contributed by atoms with E-state index in [9.17, 15) is 5.26 Å². The Morgan fingerprint density at radius 3 is 3.10 bits per heavy atom. The molecule has 2 aromatic rings.